The van der Waals surface area contributed by atoms with Crippen molar-refractivity contribution in [1.82, 2.24) is 15.5 Å². The highest BCUT2D eigenvalue weighted by Crippen LogP contribution is 2.26. The molecule has 0 saturated heterocycles. The van der Waals surface area contributed by atoms with E-state index in [0.717, 1.165) is 23.1 Å². The first kappa shape index (κ1) is 18.0. The lowest BCUT2D eigenvalue weighted by molar-refractivity contribution is -0.119. The summed E-state index contributed by atoms with van der Waals surface area (Å²) in [5.41, 5.74) is 3.23. The van der Waals surface area contributed by atoms with Gasteiger partial charge >= 0.3 is 0 Å². The van der Waals surface area contributed by atoms with Gasteiger partial charge in [0.1, 0.15) is 0 Å². The second-order valence-corrected chi connectivity index (χ2v) is 7.90. The van der Waals surface area contributed by atoms with Crippen LogP contribution in [0.25, 0.3) is 11.5 Å². The highest BCUT2D eigenvalue weighted by atomic mass is 32.2. The van der Waals surface area contributed by atoms with Crippen LogP contribution in [-0.2, 0) is 4.79 Å². The fourth-order valence-corrected chi connectivity index (χ4v) is 3.96. The van der Waals surface area contributed by atoms with Crippen molar-refractivity contribution >= 4 is 17.7 Å². The minimum Gasteiger partial charge on any atom is -0.411 e. The number of rotatable bonds is 5. The summed E-state index contributed by atoms with van der Waals surface area (Å²) in [6.07, 6.45) is 4.74. The van der Waals surface area contributed by atoms with E-state index in [-0.39, 0.29) is 5.91 Å². The molecule has 25 heavy (non-hydrogen) atoms. The van der Waals surface area contributed by atoms with Crippen molar-refractivity contribution in [2.45, 2.75) is 57.7 Å². The van der Waals surface area contributed by atoms with Gasteiger partial charge < -0.3 is 9.73 Å². The van der Waals surface area contributed by atoms with E-state index in [2.05, 4.69) is 28.5 Å². The Bertz CT molecular complexity index is 724. The Morgan fingerprint density at radius 1 is 1.20 bits per heavy atom. The summed E-state index contributed by atoms with van der Waals surface area (Å²) in [5.74, 6) is 1.39. The first-order valence-electron chi connectivity index (χ1n) is 8.85. The van der Waals surface area contributed by atoms with Gasteiger partial charge in [-0.25, -0.2) is 0 Å². The molecular weight excluding hydrogens is 334 g/mol. The van der Waals surface area contributed by atoms with Crippen LogP contribution in [0.5, 0.6) is 0 Å². The molecule has 5 nitrogen and oxygen atoms in total. The van der Waals surface area contributed by atoms with Gasteiger partial charge in [0.05, 0.1) is 5.75 Å². The van der Waals surface area contributed by atoms with Gasteiger partial charge in [0.15, 0.2) is 0 Å². The molecule has 1 aromatic heterocycles. The van der Waals surface area contributed by atoms with E-state index < -0.39 is 0 Å². The lowest BCUT2D eigenvalue weighted by Gasteiger charge is -2.29. The van der Waals surface area contributed by atoms with Crippen molar-refractivity contribution in [2.24, 2.45) is 5.92 Å². The summed E-state index contributed by atoms with van der Waals surface area (Å²) in [4.78, 5) is 12.2. The molecule has 1 fully saturated rings. The molecule has 0 aliphatic heterocycles. The number of amides is 1. The third kappa shape index (κ3) is 4.84. The number of carbonyl (C=O) groups is 1. The number of hydrogen-bond acceptors (Lipinski definition) is 5. The van der Waals surface area contributed by atoms with Gasteiger partial charge in [-0.3, -0.25) is 4.79 Å². The number of hydrogen-bond donors (Lipinski definition) is 1. The molecule has 1 saturated carbocycles. The molecule has 6 heteroatoms. The van der Waals surface area contributed by atoms with E-state index in [0.29, 0.717) is 28.8 Å². The predicted octanol–water partition coefficient (Wildman–Crippen LogP) is 4.14. The molecule has 1 aliphatic carbocycles. The van der Waals surface area contributed by atoms with E-state index >= 15 is 0 Å². The zero-order valence-electron chi connectivity index (χ0n) is 15.0. The minimum atomic E-state index is 0.0369. The van der Waals surface area contributed by atoms with E-state index in [9.17, 15) is 4.79 Å². The average Bonchev–Trinajstić information content (AvgIpc) is 3.03. The first-order valence-corrected chi connectivity index (χ1v) is 9.84. The summed E-state index contributed by atoms with van der Waals surface area (Å²) in [6.45, 7) is 6.30. The van der Waals surface area contributed by atoms with Crippen LogP contribution in [-0.4, -0.2) is 27.9 Å². The van der Waals surface area contributed by atoms with Crippen LogP contribution in [0.3, 0.4) is 0 Å². The number of carbonyl (C=O) groups excluding carboxylic acids is 1. The van der Waals surface area contributed by atoms with Crippen LogP contribution in [0.4, 0.5) is 0 Å². The van der Waals surface area contributed by atoms with E-state index in [1.807, 2.05) is 26.0 Å². The SMILES string of the molecule is Cc1cc(C)cc(-c2nnc(SCC(=O)NC3CCCCC3C)o2)c1. The van der Waals surface area contributed by atoms with Crippen molar-refractivity contribution in [1.29, 1.82) is 0 Å². The van der Waals surface area contributed by atoms with Gasteiger partial charge in [-0.05, 0) is 44.7 Å². The fourth-order valence-electron chi connectivity index (χ4n) is 3.39. The minimum absolute atomic E-state index is 0.0369. The van der Waals surface area contributed by atoms with Crippen LogP contribution < -0.4 is 5.32 Å². The van der Waals surface area contributed by atoms with E-state index in [1.54, 1.807) is 0 Å². The summed E-state index contributed by atoms with van der Waals surface area (Å²) >= 11 is 1.29. The molecule has 1 N–H and O–H groups in total. The Labute approximate surface area is 153 Å². The molecule has 2 aromatic rings. The van der Waals surface area contributed by atoms with Crippen molar-refractivity contribution in [3.05, 3.63) is 29.3 Å². The maximum atomic E-state index is 12.2. The third-order valence-electron chi connectivity index (χ3n) is 4.66. The normalized spacial score (nSPS) is 20.4. The van der Waals surface area contributed by atoms with E-state index in [1.165, 1.54) is 31.0 Å². The molecule has 1 aromatic carbocycles. The molecule has 2 atom stereocenters. The lowest BCUT2D eigenvalue weighted by atomic mass is 9.86. The number of nitrogens with zero attached hydrogens (tertiary/aromatic N) is 2. The van der Waals surface area contributed by atoms with Gasteiger partial charge in [-0.1, -0.05) is 48.7 Å². The zero-order chi connectivity index (χ0) is 17.8. The molecule has 3 rings (SSSR count). The standard InChI is InChI=1S/C19H25N3O2S/c1-12-8-13(2)10-15(9-12)18-21-22-19(24-18)25-11-17(23)20-16-7-5-4-6-14(16)3/h8-10,14,16H,4-7,11H2,1-3H3,(H,20,23). The number of benzene rings is 1. The summed E-state index contributed by atoms with van der Waals surface area (Å²) in [7, 11) is 0. The van der Waals surface area contributed by atoms with Gasteiger partial charge in [0.2, 0.25) is 11.8 Å². The van der Waals surface area contributed by atoms with Crippen LogP contribution in [0, 0.1) is 19.8 Å². The highest BCUT2D eigenvalue weighted by molar-refractivity contribution is 7.99. The van der Waals surface area contributed by atoms with Gasteiger partial charge in [0, 0.05) is 11.6 Å². The number of nitrogens with one attached hydrogen (secondary N) is 1. The topological polar surface area (TPSA) is 68.0 Å². The number of thioether (sulfide) groups is 1. The molecule has 0 spiro atoms. The van der Waals surface area contributed by atoms with Crippen LogP contribution >= 0.6 is 11.8 Å². The van der Waals surface area contributed by atoms with Crippen molar-refractivity contribution in [3.63, 3.8) is 0 Å². The smallest absolute Gasteiger partial charge is 0.277 e. The van der Waals surface area contributed by atoms with Gasteiger partial charge in [-0.15, -0.1) is 10.2 Å². The van der Waals surface area contributed by atoms with Crippen LogP contribution in [0.1, 0.15) is 43.7 Å². The van der Waals surface area contributed by atoms with Gasteiger partial charge in [0.25, 0.3) is 5.22 Å². The fraction of sp³-hybridized carbons (Fsp3) is 0.526. The van der Waals surface area contributed by atoms with E-state index in [4.69, 9.17) is 4.42 Å². The molecule has 0 bridgehead atoms. The summed E-state index contributed by atoms with van der Waals surface area (Å²) < 4.78 is 5.70. The molecule has 1 amide bonds. The van der Waals surface area contributed by atoms with Gasteiger partial charge in [-0.2, -0.15) is 0 Å². The zero-order valence-corrected chi connectivity index (χ0v) is 15.9. The largest absolute Gasteiger partial charge is 0.411 e. The Kier molecular flexibility index (Phi) is 5.78. The van der Waals surface area contributed by atoms with Crippen LogP contribution in [0.15, 0.2) is 27.8 Å². The average molecular weight is 359 g/mol. The number of aromatic nitrogens is 2. The predicted molar refractivity (Wildman–Crippen MR) is 99.5 cm³/mol. The summed E-state index contributed by atoms with van der Waals surface area (Å²) in [6, 6.07) is 6.44. The molecule has 134 valence electrons. The molecule has 2 unspecified atom stereocenters. The molecule has 1 heterocycles. The molecule has 0 radical (unpaired) electrons. The maximum absolute atomic E-state index is 12.2. The molecular formula is C19H25N3O2S. The Balaban J connectivity index is 1.55. The quantitative estimate of drug-likeness (QED) is 0.813. The second-order valence-electron chi connectivity index (χ2n) is 6.97. The number of aryl methyl sites for hydroxylation is 2. The molecule has 1 aliphatic rings. The van der Waals surface area contributed by atoms with Crippen molar-refractivity contribution in [3.8, 4) is 11.5 Å². The monoisotopic (exact) mass is 359 g/mol. The van der Waals surface area contributed by atoms with Crippen molar-refractivity contribution in [2.75, 3.05) is 5.75 Å². The first-order chi connectivity index (χ1) is 12.0. The lowest BCUT2D eigenvalue weighted by Crippen LogP contribution is -2.41. The second kappa shape index (κ2) is 8.04. The Hall–Kier alpha value is -1.82. The Morgan fingerprint density at radius 3 is 2.64 bits per heavy atom. The van der Waals surface area contributed by atoms with Crippen LogP contribution in [0.2, 0.25) is 0 Å². The Morgan fingerprint density at radius 2 is 1.92 bits per heavy atom. The highest BCUT2D eigenvalue weighted by Gasteiger charge is 2.23. The maximum Gasteiger partial charge on any atom is 0.277 e. The van der Waals surface area contributed by atoms with Crippen molar-refractivity contribution < 1.29 is 9.21 Å². The third-order valence-corrected chi connectivity index (χ3v) is 5.48. The summed E-state index contributed by atoms with van der Waals surface area (Å²) in [5, 5.41) is 11.7.